The lowest BCUT2D eigenvalue weighted by Gasteiger charge is -2.14. The highest BCUT2D eigenvalue weighted by Crippen LogP contribution is 2.26. The maximum atomic E-state index is 14.5. The smallest absolute Gasteiger partial charge is 0.414 e. The number of carbonyl (C=O) groups is 1. The third kappa shape index (κ3) is 2.99. The summed E-state index contributed by atoms with van der Waals surface area (Å²) in [5.41, 5.74) is 1.08. The summed E-state index contributed by atoms with van der Waals surface area (Å²) in [6.07, 6.45) is 3.38. The number of rotatable bonds is 5. The number of cyclic esters (lactones) is 1. The van der Waals surface area contributed by atoms with E-state index >= 15 is 0 Å². The lowest BCUT2D eigenvalue weighted by Crippen LogP contribution is -2.26. The second-order valence-electron chi connectivity index (χ2n) is 5.71. The summed E-state index contributed by atoms with van der Waals surface area (Å²) in [6.45, 7) is 0.348. The Labute approximate surface area is 146 Å². The van der Waals surface area contributed by atoms with Crippen LogP contribution in [0.2, 0.25) is 0 Å². The topological polar surface area (TPSA) is 111 Å². The van der Waals surface area contributed by atoms with Crippen molar-refractivity contribution in [3.05, 3.63) is 48.6 Å². The van der Waals surface area contributed by atoms with Crippen LogP contribution in [0.15, 0.2) is 37.1 Å². The number of hydrogen-bond acceptors (Lipinski definition) is 7. The van der Waals surface area contributed by atoms with E-state index < -0.39 is 18.0 Å². The Morgan fingerprint density at radius 3 is 2.92 bits per heavy atom. The van der Waals surface area contributed by atoms with E-state index in [1.54, 1.807) is 6.07 Å². The minimum atomic E-state index is -0.555. The molecule has 3 heterocycles. The molecular formula is C15H14FN7O3. The van der Waals surface area contributed by atoms with Crippen molar-refractivity contribution in [1.29, 1.82) is 0 Å². The van der Waals surface area contributed by atoms with E-state index in [4.69, 9.17) is 9.84 Å². The Morgan fingerprint density at radius 1 is 1.35 bits per heavy atom. The fourth-order valence-corrected chi connectivity index (χ4v) is 2.75. The summed E-state index contributed by atoms with van der Waals surface area (Å²) < 4.78 is 22.7. The number of hydrogen-bond donors (Lipinski definition) is 1. The van der Waals surface area contributed by atoms with Gasteiger partial charge in [-0.1, -0.05) is 0 Å². The maximum absolute atomic E-state index is 14.5. The quantitative estimate of drug-likeness (QED) is 0.707. The Morgan fingerprint density at radius 2 is 2.23 bits per heavy atom. The molecule has 0 radical (unpaired) electrons. The molecule has 26 heavy (non-hydrogen) atoms. The second-order valence-corrected chi connectivity index (χ2v) is 5.71. The van der Waals surface area contributed by atoms with Crippen molar-refractivity contribution in [2.24, 2.45) is 0 Å². The Kier molecular flexibility index (Phi) is 4.05. The number of carbonyl (C=O) groups excluding carboxylic acids is 1. The largest absolute Gasteiger partial charge is 0.442 e. The van der Waals surface area contributed by atoms with Crippen LogP contribution in [-0.4, -0.2) is 53.6 Å². The molecule has 1 saturated heterocycles. The number of imidazole rings is 1. The highest BCUT2D eigenvalue weighted by atomic mass is 19.1. The lowest BCUT2D eigenvalue weighted by atomic mass is 10.2. The van der Waals surface area contributed by atoms with E-state index in [2.05, 4.69) is 20.5 Å². The summed E-state index contributed by atoms with van der Waals surface area (Å²) in [6, 6.07) is 4.42. The standard InChI is InChI=1S/C15H14FN7O3/c16-13-3-11(1-2-14(13)21-4-10(7-24)17-8-21)23-6-12(26-15(23)25)5-22-9-18-19-20-22/h1-4,8-9,12,24H,5-7H2/t12-/m0/s1. The predicted molar refractivity (Wildman–Crippen MR) is 84.9 cm³/mol. The number of ether oxygens (including phenoxy) is 1. The van der Waals surface area contributed by atoms with Gasteiger partial charge in [0, 0.05) is 6.20 Å². The highest BCUT2D eigenvalue weighted by Gasteiger charge is 2.33. The molecule has 1 atom stereocenters. The third-order valence-corrected chi connectivity index (χ3v) is 3.98. The number of tetrazole rings is 1. The van der Waals surface area contributed by atoms with Gasteiger partial charge in [0.1, 0.15) is 18.2 Å². The molecule has 10 nitrogen and oxygen atoms in total. The second kappa shape index (κ2) is 6.52. The van der Waals surface area contributed by atoms with Gasteiger partial charge in [-0.25, -0.2) is 18.9 Å². The fourth-order valence-electron chi connectivity index (χ4n) is 2.75. The monoisotopic (exact) mass is 359 g/mol. The number of aromatic nitrogens is 6. The Hall–Kier alpha value is -3.34. The summed E-state index contributed by atoms with van der Waals surface area (Å²) >= 11 is 0. The summed E-state index contributed by atoms with van der Waals surface area (Å²) in [5, 5.41) is 19.8. The molecule has 0 aliphatic carbocycles. The first-order valence-corrected chi connectivity index (χ1v) is 7.76. The zero-order valence-electron chi connectivity index (χ0n) is 13.4. The maximum Gasteiger partial charge on any atom is 0.414 e. The van der Waals surface area contributed by atoms with Gasteiger partial charge in [0.15, 0.2) is 0 Å². The minimum Gasteiger partial charge on any atom is -0.442 e. The van der Waals surface area contributed by atoms with Crippen LogP contribution in [0.1, 0.15) is 5.69 Å². The van der Waals surface area contributed by atoms with E-state index in [0.29, 0.717) is 17.9 Å². The van der Waals surface area contributed by atoms with Crippen LogP contribution in [0, 0.1) is 5.82 Å². The highest BCUT2D eigenvalue weighted by molar-refractivity contribution is 5.89. The molecule has 0 spiro atoms. The fraction of sp³-hybridized carbons (Fsp3) is 0.267. The van der Waals surface area contributed by atoms with Crippen LogP contribution in [0.25, 0.3) is 5.69 Å². The average molecular weight is 359 g/mol. The summed E-state index contributed by atoms with van der Waals surface area (Å²) in [7, 11) is 0. The van der Waals surface area contributed by atoms with Crippen molar-refractivity contribution < 1.29 is 19.0 Å². The van der Waals surface area contributed by atoms with Gasteiger partial charge in [0.25, 0.3) is 0 Å². The molecule has 0 unspecified atom stereocenters. The van der Waals surface area contributed by atoms with Crippen LogP contribution in [0.4, 0.5) is 14.9 Å². The predicted octanol–water partition coefficient (Wildman–Crippen LogP) is 0.516. The minimum absolute atomic E-state index is 0.227. The first-order chi connectivity index (χ1) is 12.6. The molecule has 2 aromatic heterocycles. The van der Waals surface area contributed by atoms with Crippen LogP contribution < -0.4 is 4.90 Å². The molecule has 1 fully saturated rings. The first-order valence-electron chi connectivity index (χ1n) is 7.76. The molecule has 3 aromatic rings. The van der Waals surface area contributed by atoms with Crippen molar-refractivity contribution in [3.8, 4) is 5.69 Å². The SMILES string of the molecule is O=C1O[C@@H](Cn2cnnn2)CN1c1ccc(-n2cnc(CO)c2)c(F)c1. The van der Waals surface area contributed by atoms with E-state index in [1.807, 2.05) is 0 Å². The van der Waals surface area contributed by atoms with Crippen LogP contribution >= 0.6 is 0 Å². The van der Waals surface area contributed by atoms with Crippen LogP contribution in [0.3, 0.4) is 0 Å². The van der Waals surface area contributed by atoms with Crippen molar-refractivity contribution in [1.82, 2.24) is 29.8 Å². The number of aliphatic hydroxyl groups excluding tert-OH is 1. The van der Waals surface area contributed by atoms with Gasteiger partial charge in [0.05, 0.1) is 43.1 Å². The van der Waals surface area contributed by atoms with Gasteiger partial charge >= 0.3 is 6.09 Å². The number of anilines is 1. The molecule has 1 aromatic carbocycles. The number of nitrogens with zero attached hydrogens (tertiary/aromatic N) is 7. The van der Waals surface area contributed by atoms with Crippen molar-refractivity contribution >= 4 is 11.8 Å². The molecule has 1 aliphatic rings. The molecule has 1 N–H and O–H groups in total. The Bertz CT molecular complexity index is 927. The number of halogens is 1. The normalized spacial score (nSPS) is 16.9. The molecule has 0 saturated carbocycles. The molecule has 1 aliphatic heterocycles. The van der Waals surface area contributed by atoms with Crippen molar-refractivity contribution in [2.45, 2.75) is 19.3 Å². The molecule has 134 valence electrons. The van der Waals surface area contributed by atoms with Crippen LogP contribution in [-0.2, 0) is 17.9 Å². The van der Waals surface area contributed by atoms with Gasteiger partial charge in [-0.3, -0.25) is 4.90 Å². The van der Waals surface area contributed by atoms with E-state index in [1.165, 1.54) is 45.1 Å². The van der Waals surface area contributed by atoms with E-state index in [-0.39, 0.29) is 18.8 Å². The number of benzene rings is 1. The lowest BCUT2D eigenvalue weighted by molar-refractivity contribution is 0.129. The van der Waals surface area contributed by atoms with E-state index in [9.17, 15) is 9.18 Å². The molecule has 1 amide bonds. The Balaban J connectivity index is 1.52. The average Bonchev–Trinajstić information content (AvgIpc) is 3.36. The molecule has 0 bridgehead atoms. The van der Waals surface area contributed by atoms with E-state index in [0.717, 1.165) is 0 Å². The summed E-state index contributed by atoms with van der Waals surface area (Å²) in [5.74, 6) is -0.527. The van der Waals surface area contributed by atoms with Gasteiger partial charge in [0.2, 0.25) is 0 Å². The van der Waals surface area contributed by atoms with Crippen LogP contribution in [0.5, 0.6) is 0 Å². The zero-order valence-corrected chi connectivity index (χ0v) is 13.4. The molecular weight excluding hydrogens is 345 g/mol. The van der Waals surface area contributed by atoms with Crippen molar-refractivity contribution in [3.63, 3.8) is 0 Å². The van der Waals surface area contributed by atoms with Crippen molar-refractivity contribution in [2.75, 3.05) is 11.4 Å². The third-order valence-electron chi connectivity index (χ3n) is 3.98. The zero-order chi connectivity index (χ0) is 18.1. The van der Waals surface area contributed by atoms with Gasteiger partial charge in [-0.2, -0.15) is 0 Å². The summed E-state index contributed by atoms with van der Waals surface area (Å²) in [4.78, 5) is 17.4. The van der Waals surface area contributed by atoms with Gasteiger partial charge < -0.3 is 14.4 Å². The number of amides is 1. The van der Waals surface area contributed by atoms with Gasteiger partial charge in [-0.05, 0) is 28.6 Å². The molecule has 4 rings (SSSR count). The molecule has 11 heteroatoms. The number of aliphatic hydroxyl groups is 1. The first kappa shape index (κ1) is 16.1. The van der Waals surface area contributed by atoms with Gasteiger partial charge in [-0.15, -0.1) is 5.10 Å².